The van der Waals surface area contributed by atoms with E-state index < -0.39 is 11.5 Å². The van der Waals surface area contributed by atoms with Crippen LogP contribution in [0.4, 0.5) is 0 Å². The lowest BCUT2D eigenvalue weighted by Gasteiger charge is -2.36. The van der Waals surface area contributed by atoms with Crippen LogP contribution >= 0.6 is 11.6 Å². The topological polar surface area (TPSA) is 96.1 Å². The average molecular weight is 551 g/mol. The second-order valence-corrected chi connectivity index (χ2v) is 11.8. The highest BCUT2D eigenvalue weighted by Crippen LogP contribution is 2.37. The highest BCUT2D eigenvalue weighted by molar-refractivity contribution is 6.31. The van der Waals surface area contributed by atoms with Crippen LogP contribution in [0.25, 0.3) is 11.0 Å². The van der Waals surface area contributed by atoms with Crippen molar-refractivity contribution in [2.45, 2.75) is 70.3 Å². The lowest BCUT2D eigenvalue weighted by Crippen LogP contribution is -2.57. The van der Waals surface area contributed by atoms with Gasteiger partial charge in [0.25, 0.3) is 0 Å². The largest absolute Gasteiger partial charge is 0.380 e. The van der Waals surface area contributed by atoms with Gasteiger partial charge in [0.1, 0.15) is 11.9 Å². The molecule has 7 nitrogen and oxygen atoms in total. The van der Waals surface area contributed by atoms with Gasteiger partial charge in [-0.25, -0.2) is 4.98 Å². The number of ether oxygens (including phenoxy) is 1. The number of carbonyl (C=O) groups excluding carboxylic acids is 2. The summed E-state index contributed by atoms with van der Waals surface area (Å²) in [6.45, 7) is 7.64. The van der Waals surface area contributed by atoms with E-state index in [0.29, 0.717) is 32.1 Å². The summed E-state index contributed by atoms with van der Waals surface area (Å²) in [6.07, 6.45) is 4.31. The average Bonchev–Trinajstić information content (AvgIpc) is 3.53. The fraction of sp³-hybridized carbons (Fsp3) is 0.516. The number of H-pyrrole nitrogens is 1. The molecule has 2 amide bonds. The van der Waals surface area contributed by atoms with Crippen molar-refractivity contribution >= 4 is 34.4 Å². The quantitative estimate of drug-likeness (QED) is 0.320. The highest BCUT2D eigenvalue weighted by Gasteiger charge is 2.46. The molecule has 5 rings (SSSR count). The Morgan fingerprint density at radius 3 is 2.64 bits per heavy atom. The molecule has 1 unspecified atom stereocenters. The first-order chi connectivity index (χ1) is 18.8. The molecular formula is C31H39ClN4O3. The van der Waals surface area contributed by atoms with Gasteiger partial charge >= 0.3 is 0 Å². The lowest BCUT2D eigenvalue weighted by molar-refractivity contribution is -0.134. The summed E-state index contributed by atoms with van der Waals surface area (Å²) in [4.78, 5) is 35.1. The fourth-order valence-electron chi connectivity index (χ4n) is 5.98. The van der Waals surface area contributed by atoms with E-state index >= 15 is 0 Å². The maximum absolute atomic E-state index is 13.9. The second kappa shape index (κ2) is 11.7. The lowest BCUT2D eigenvalue weighted by atomic mass is 9.76. The maximum Gasteiger partial charge on any atom is 0.242 e. The molecule has 1 saturated carbocycles. The minimum atomic E-state index is -0.841. The van der Waals surface area contributed by atoms with Gasteiger partial charge in [0, 0.05) is 24.6 Å². The maximum atomic E-state index is 13.9. The zero-order chi connectivity index (χ0) is 27.6. The molecule has 1 aliphatic heterocycles. The molecule has 3 N–H and O–H groups in total. The van der Waals surface area contributed by atoms with Crippen LogP contribution in [-0.2, 0) is 26.2 Å². The van der Waals surface area contributed by atoms with E-state index in [1.165, 1.54) is 0 Å². The van der Waals surface area contributed by atoms with Crippen molar-refractivity contribution < 1.29 is 14.3 Å². The van der Waals surface area contributed by atoms with Gasteiger partial charge in [-0.3, -0.25) is 9.59 Å². The number of aromatic nitrogens is 2. The van der Waals surface area contributed by atoms with Crippen LogP contribution < -0.4 is 10.6 Å². The number of amides is 2. The first kappa shape index (κ1) is 27.7. The van der Waals surface area contributed by atoms with Crippen molar-refractivity contribution in [1.82, 2.24) is 20.6 Å². The number of halogens is 1. The Morgan fingerprint density at radius 1 is 1.21 bits per heavy atom. The minimum Gasteiger partial charge on any atom is -0.380 e. The number of fused-ring (bicyclic) bond motifs is 1. The number of aromatic amines is 1. The van der Waals surface area contributed by atoms with E-state index in [4.69, 9.17) is 21.3 Å². The van der Waals surface area contributed by atoms with E-state index in [-0.39, 0.29) is 23.7 Å². The Hall–Kier alpha value is -2.90. The van der Waals surface area contributed by atoms with Crippen molar-refractivity contribution in [3.63, 3.8) is 0 Å². The van der Waals surface area contributed by atoms with Crippen LogP contribution in [0.1, 0.15) is 69.3 Å². The number of carbonyl (C=O) groups is 2. The molecule has 3 atom stereocenters. The molecule has 2 aromatic carbocycles. The number of hydrogen-bond acceptors (Lipinski definition) is 4. The Labute approximate surface area is 235 Å². The Bertz CT molecular complexity index is 1330. The third-order valence-electron chi connectivity index (χ3n) is 8.60. The molecule has 2 fully saturated rings. The van der Waals surface area contributed by atoms with Gasteiger partial charge in [-0.05, 0) is 73.3 Å². The number of rotatable bonds is 10. The van der Waals surface area contributed by atoms with Crippen LogP contribution in [0.5, 0.6) is 0 Å². The van der Waals surface area contributed by atoms with Crippen LogP contribution in [0.15, 0.2) is 42.5 Å². The van der Waals surface area contributed by atoms with Gasteiger partial charge in [0.2, 0.25) is 11.8 Å². The zero-order valence-corrected chi connectivity index (χ0v) is 23.8. The Morgan fingerprint density at radius 2 is 2.00 bits per heavy atom. The molecule has 1 aromatic heterocycles. The molecule has 2 heterocycles. The highest BCUT2D eigenvalue weighted by atomic mass is 35.5. The molecule has 8 heteroatoms. The smallest absolute Gasteiger partial charge is 0.242 e. The van der Waals surface area contributed by atoms with E-state index in [9.17, 15) is 9.59 Å². The van der Waals surface area contributed by atoms with Crippen LogP contribution in [0, 0.1) is 11.8 Å². The monoisotopic (exact) mass is 550 g/mol. The molecular weight excluding hydrogens is 512 g/mol. The summed E-state index contributed by atoms with van der Waals surface area (Å²) in [5.74, 6) is 1.44. The van der Waals surface area contributed by atoms with Gasteiger partial charge in [-0.2, -0.15) is 0 Å². The van der Waals surface area contributed by atoms with E-state index in [1.807, 2.05) is 43.3 Å². The predicted octanol–water partition coefficient (Wildman–Crippen LogP) is 5.28. The van der Waals surface area contributed by atoms with E-state index in [1.54, 1.807) is 0 Å². The summed E-state index contributed by atoms with van der Waals surface area (Å²) in [5, 5.41) is 6.81. The number of benzene rings is 2. The third kappa shape index (κ3) is 5.57. The molecule has 0 spiro atoms. The number of nitrogens with one attached hydrogen (secondary N) is 3. The van der Waals surface area contributed by atoms with E-state index in [2.05, 4.69) is 35.5 Å². The van der Waals surface area contributed by atoms with Gasteiger partial charge < -0.3 is 20.4 Å². The van der Waals surface area contributed by atoms with Gasteiger partial charge in [0.15, 0.2) is 0 Å². The molecule has 1 saturated heterocycles. The number of nitrogens with zero attached hydrogens (tertiary/aromatic N) is 1. The standard InChI is InChI=1S/C31H39ClN4O3/c1-4-33-29(37)28(20-8-7-9-20)36-30(38)31(14-15-39-18-31)21-12-13-25-26(16-21)35-27(34-25)17-23(19(2)3)22-10-5-6-11-24(22)32/h5-6,10-13,16,19-20,23,28H,4,7-9,14-15,17-18H2,1-3H3,(H,33,37)(H,34,35)(H,36,38)/t23-,28+,31?/m0/s1. The summed E-state index contributed by atoms with van der Waals surface area (Å²) >= 11 is 6.55. The third-order valence-corrected chi connectivity index (χ3v) is 8.95. The number of imidazole rings is 1. The summed E-state index contributed by atoms with van der Waals surface area (Å²) in [5.41, 5.74) is 2.92. The SMILES string of the molecule is CCNC(=O)[C@H](NC(=O)C1(c2ccc3nc(C[C@H](c4ccccc4Cl)C(C)C)[nH]c3c2)CCOC1)C1CCC1. The number of hydrogen-bond donors (Lipinski definition) is 3. The first-order valence-corrected chi connectivity index (χ1v) is 14.6. The minimum absolute atomic E-state index is 0.100. The van der Waals surface area contributed by atoms with Crippen molar-refractivity contribution in [3.05, 3.63) is 64.4 Å². The molecule has 0 radical (unpaired) electrons. The van der Waals surface area contributed by atoms with Crippen LogP contribution in [-0.4, -0.2) is 47.6 Å². The predicted molar refractivity (Wildman–Crippen MR) is 154 cm³/mol. The van der Waals surface area contributed by atoms with Gasteiger partial charge in [-0.15, -0.1) is 0 Å². The Kier molecular flexibility index (Phi) is 8.29. The molecule has 3 aromatic rings. The van der Waals surface area contributed by atoms with Crippen molar-refractivity contribution in [3.8, 4) is 0 Å². The van der Waals surface area contributed by atoms with E-state index in [0.717, 1.165) is 58.7 Å². The molecule has 2 aliphatic rings. The molecule has 1 aliphatic carbocycles. The van der Waals surface area contributed by atoms with Crippen molar-refractivity contribution in [2.75, 3.05) is 19.8 Å². The summed E-state index contributed by atoms with van der Waals surface area (Å²) in [6, 6.07) is 13.5. The van der Waals surface area contributed by atoms with Crippen molar-refractivity contribution in [2.24, 2.45) is 11.8 Å². The normalized spacial score (nSPS) is 21.1. The fourth-order valence-corrected chi connectivity index (χ4v) is 6.26. The number of likely N-dealkylation sites (N-methyl/N-ethyl adjacent to an activating group) is 1. The molecule has 208 valence electrons. The summed E-state index contributed by atoms with van der Waals surface area (Å²) in [7, 11) is 0. The van der Waals surface area contributed by atoms with Gasteiger partial charge in [-0.1, -0.05) is 56.1 Å². The molecule has 39 heavy (non-hydrogen) atoms. The Balaban J connectivity index is 1.41. The first-order valence-electron chi connectivity index (χ1n) is 14.2. The van der Waals surface area contributed by atoms with Gasteiger partial charge in [0.05, 0.1) is 23.1 Å². The van der Waals surface area contributed by atoms with Crippen LogP contribution in [0.3, 0.4) is 0 Å². The zero-order valence-electron chi connectivity index (χ0n) is 23.1. The molecule has 0 bridgehead atoms. The van der Waals surface area contributed by atoms with Crippen LogP contribution in [0.2, 0.25) is 5.02 Å². The second-order valence-electron chi connectivity index (χ2n) is 11.4. The summed E-state index contributed by atoms with van der Waals surface area (Å²) < 4.78 is 5.78. The van der Waals surface area contributed by atoms with Crippen molar-refractivity contribution in [1.29, 1.82) is 0 Å².